The molecule has 0 aliphatic heterocycles. The third-order valence-electron chi connectivity index (χ3n) is 2.81. The zero-order valence-corrected chi connectivity index (χ0v) is 11.4. The van der Waals surface area contributed by atoms with E-state index in [-0.39, 0.29) is 12.1 Å². The molecular weight excluding hydrogens is 226 g/mol. The lowest BCUT2D eigenvalue weighted by molar-refractivity contribution is 0.180. The molecule has 1 aromatic rings. The van der Waals surface area contributed by atoms with E-state index in [1.165, 1.54) is 0 Å². The second kappa shape index (κ2) is 6.89. The van der Waals surface area contributed by atoms with Gasteiger partial charge >= 0.3 is 6.03 Å². The van der Waals surface area contributed by atoms with E-state index in [4.69, 9.17) is 5.73 Å². The number of hydrogen-bond donors (Lipinski definition) is 2. The Bertz CT molecular complexity index is 390. The highest BCUT2D eigenvalue weighted by Gasteiger charge is 2.17. The lowest BCUT2D eigenvalue weighted by atomic mass is 10.1. The fourth-order valence-electron chi connectivity index (χ4n) is 1.68. The molecule has 100 valence electrons. The van der Waals surface area contributed by atoms with Gasteiger partial charge < -0.3 is 16.0 Å². The molecule has 0 radical (unpaired) electrons. The Morgan fingerprint density at radius 2 is 2.06 bits per heavy atom. The Kier molecular flexibility index (Phi) is 5.49. The van der Waals surface area contributed by atoms with Crippen LogP contribution in [0.1, 0.15) is 32.8 Å². The quantitative estimate of drug-likeness (QED) is 0.788. The number of carbonyl (C=O) groups excluding carboxylic acids is 1. The summed E-state index contributed by atoms with van der Waals surface area (Å²) in [6.07, 6.45) is 0.936. The number of benzene rings is 1. The van der Waals surface area contributed by atoms with Gasteiger partial charge in [-0.1, -0.05) is 25.1 Å². The Morgan fingerprint density at radius 1 is 1.39 bits per heavy atom. The van der Waals surface area contributed by atoms with Gasteiger partial charge in [0.1, 0.15) is 0 Å². The number of nitrogens with zero attached hydrogens (tertiary/aromatic N) is 1. The van der Waals surface area contributed by atoms with Crippen molar-refractivity contribution in [2.75, 3.05) is 12.3 Å². The largest absolute Gasteiger partial charge is 0.398 e. The Morgan fingerprint density at radius 3 is 2.61 bits per heavy atom. The first-order valence-electron chi connectivity index (χ1n) is 6.44. The van der Waals surface area contributed by atoms with E-state index < -0.39 is 0 Å². The number of nitrogens with two attached hydrogens (primary N) is 1. The average molecular weight is 249 g/mol. The van der Waals surface area contributed by atoms with Crippen LogP contribution in [0.5, 0.6) is 0 Å². The lowest BCUT2D eigenvalue weighted by Crippen LogP contribution is -2.43. The maximum absolute atomic E-state index is 12.0. The molecule has 0 atom stereocenters. The van der Waals surface area contributed by atoms with Gasteiger partial charge in [0.2, 0.25) is 0 Å². The van der Waals surface area contributed by atoms with Crippen LogP contribution in [-0.2, 0) is 6.54 Å². The van der Waals surface area contributed by atoms with Crippen molar-refractivity contribution in [3.63, 3.8) is 0 Å². The Hall–Kier alpha value is -1.71. The first-order chi connectivity index (χ1) is 8.56. The SMILES string of the molecule is CCCNC(=O)N(Cc1ccccc1N)C(C)C. The van der Waals surface area contributed by atoms with Crippen molar-refractivity contribution in [2.45, 2.75) is 39.8 Å². The third-order valence-corrected chi connectivity index (χ3v) is 2.81. The predicted molar refractivity (Wildman–Crippen MR) is 75.2 cm³/mol. The van der Waals surface area contributed by atoms with Gasteiger partial charge in [-0.05, 0) is 31.9 Å². The van der Waals surface area contributed by atoms with Gasteiger partial charge in [-0.15, -0.1) is 0 Å². The number of carbonyl (C=O) groups is 1. The van der Waals surface area contributed by atoms with Crippen molar-refractivity contribution in [1.82, 2.24) is 10.2 Å². The number of amides is 2. The zero-order chi connectivity index (χ0) is 13.5. The van der Waals surface area contributed by atoms with Crippen molar-refractivity contribution in [2.24, 2.45) is 0 Å². The highest BCUT2D eigenvalue weighted by Crippen LogP contribution is 2.15. The third kappa shape index (κ3) is 3.95. The van der Waals surface area contributed by atoms with Crippen LogP contribution in [0, 0.1) is 0 Å². The number of rotatable bonds is 5. The minimum Gasteiger partial charge on any atom is -0.398 e. The average Bonchev–Trinajstić information content (AvgIpc) is 2.34. The van der Waals surface area contributed by atoms with Gasteiger partial charge in [0.15, 0.2) is 0 Å². The second-order valence-electron chi connectivity index (χ2n) is 4.65. The van der Waals surface area contributed by atoms with E-state index >= 15 is 0 Å². The molecule has 0 aliphatic carbocycles. The number of anilines is 1. The number of para-hydroxylation sites is 1. The molecule has 1 aromatic carbocycles. The molecule has 4 nitrogen and oxygen atoms in total. The maximum atomic E-state index is 12.0. The summed E-state index contributed by atoms with van der Waals surface area (Å²) < 4.78 is 0. The molecule has 4 heteroatoms. The minimum absolute atomic E-state index is 0.0323. The summed E-state index contributed by atoms with van der Waals surface area (Å²) >= 11 is 0. The summed E-state index contributed by atoms with van der Waals surface area (Å²) in [5.41, 5.74) is 7.62. The van der Waals surface area contributed by atoms with Crippen LogP contribution in [0.3, 0.4) is 0 Å². The molecular formula is C14H23N3O. The normalized spacial score (nSPS) is 10.4. The van der Waals surface area contributed by atoms with Crippen molar-refractivity contribution < 1.29 is 4.79 Å². The van der Waals surface area contributed by atoms with Gasteiger partial charge in [-0.25, -0.2) is 4.79 Å². The molecule has 1 rings (SSSR count). The van der Waals surface area contributed by atoms with Crippen molar-refractivity contribution in [3.8, 4) is 0 Å². The topological polar surface area (TPSA) is 58.4 Å². The fraction of sp³-hybridized carbons (Fsp3) is 0.500. The van der Waals surface area contributed by atoms with Gasteiger partial charge in [-0.3, -0.25) is 0 Å². The van der Waals surface area contributed by atoms with E-state index in [2.05, 4.69) is 5.32 Å². The van der Waals surface area contributed by atoms with Crippen LogP contribution in [0.4, 0.5) is 10.5 Å². The first-order valence-corrected chi connectivity index (χ1v) is 6.44. The summed E-state index contributed by atoms with van der Waals surface area (Å²) in [6.45, 7) is 7.29. The molecule has 18 heavy (non-hydrogen) atoms. The number of nitrogen functional groups attached to an aromatic ring is 1. The molecule has 0 saturated carbocycles. The summed E-state index contributed by atoms with van der Waals surface area (Å²) in [5.74, 6) is 0. The van der Waals surface area contributed by atoms with E-state index in [0.29, 0.717) is 13.1 Å². The summed E-state index contributed by atoms with van der Waals surface area (Å²) in [4.78, 5) is 13.8. The van der Waals surface area contributed by atoms with Crippen LogP contribution in [-0.4, -0.2) is 23.5 Å². The van der Waals surface area contributed by atoms with E-state index in [9.17, 15) is 4.79 Å². The van der Waals surface area contributed by atoms with E-state index in [1.807, 2.05) is 45.0 Å². The van der Waals surface area contributed by atoms with Gasteiger partial charge in [0.25, 0.3) is 0 Å². The Labute approximate surface area is 109 Å². The molecule has 0 spiro atoms. The standard InChI is InChI=1S/C14H23N3O/c1-4-9-16-14(18)17(11(2)3)10-12-7-5-6-8-13(12)15/h5-8,11H,4,9-10,15H2,1-3H3,(H,16,18). The van der Waals surface area contributed by atoms with Crippen molar-refractivity contribution in [3.05, 3.63) is 29.8 Å². The predicted octanol–water partition coefficient (Wildman–Crippen LogP) is 2.60. The van der Waals surface area contributed by atoms with Crippen LogP contribution in [0.25, 0.3) is 0 Å². The molecule has 0 fully saturated rings. The number of hydrogen-bond acceptors (Lipinski definition) is 2. The first kappa shape index (κ1) is 14.4. The molecule has 0 aliphatic rings. The van der Waals surface area contributed by atoms with Crippen LogP contribution >= 0.6 is 0 Å². The number of nitrogens with one attached hydrogen (secondary N) is 1. The molecule has 0 heterocycles. The summed E-state index contributed by atoms with van der Waals surface area (Å²) in [7, 11) is 0. The van der Waals surface area contributed by atoms with Gasteiger partial charge in [0.05, 0.1) is 0 Å². The monoisotopic (exact) mass is 249 g/mol. The van der Waals surface area contributed by atoms with E-state index in [1.54, 1.807) is 4.90 Å². The van der Waals surface area contributed by atoms with E-state index in [0.717, 1.165) is 17.7 Å². The van der Waals surface area contributed by atoms with Crippen LogP contribution in [0.2, 0.25) is 0 Å². The molecule has 0 bridgehead atoms. The zero-order valence-electron chi connectivity index (χ0n) is 11.4. The highest BCUT2D eigenvalue weighted by atomic mass is 16.2. The molecule has 0 saturated heterocycles. The lowest BCUT2D eigenvalue weighted by Gasteiger charge is -2.27. The molecule has 2 amide bonds. The molecule has 0 aromatic heterocycles. The van der Waals surface area contributed by atoms with Crippen LogP contribution < -0.4 is 11.1 Å². The molecule has 3 N–H and O–H groups in total. The maximum Gasteiger partial charge on any atom is 0.317 e. The Balaban J connectivity index is 2.75. The van der Waals surface area contributed by atoms with Gasteiger partial charge in [0, 0.05) is 24.8 Å². The fourth-order valence-corrected chi connectivity index (χ4v) is 1.68. The summed E-state index contributed by atoms with van der Waals surface area (Å²) in [5, 5.41) is 2.90. The minimum atomic E-state index is -0.0323. The highest BCUT2D eigenvalue weighted by molar-refractivity contribution is 5.74. The smallest absolute Gasteiger partial charge is 0.317 e. The number of urea groups is 1. The summed E-state index contributed by atoms with van der Waals surface area (Å²) in [6, 6.07) is 7.76. The van der Waals surface area contributed by atoms with Gasteiger partial charge in [-0.2, -0.15) is 0 Å². The van der Waals surface area contributed by atoms with Crippen molar-refractivity contribution >= 4 is 11.7 Å². The molecule has 0 unspecified atom stereocenters. The second-order valence-corrected chi connectivity index (χ2v) is 4.65. The van der Waals surface area contributed by atoms with Crippen molar-refractivity contribution in [1.29, 1.82) is 0 Å². The van der Waals surface area contributed by atoms with Crippen LogP contribution in [0.15, 0.2) is 24.3 Å².